The summed E-state index contributed by atoms with van der Waals surface area (Å²) in [5.41, 5.74) is 4.68. The molecule has 0 atom stereocenters. The molecule has 2 heterocycles. The second-order valence-electron chi connectivity index (χ2n) is 8.24. The molecule has 0 aliphatic rings. The third-order valence-electron chi connectivity index (χ3n) is 5.44. The smallest absolute Gasteiger partial charge is 0.336 e. The molecule has 0 aliphatic carbocycles. The number of nitrogens with one attached hydrogen (secondary N) is 1. The molecule has 2 N–H and O–H groups in total. The second-order valence-corrected chi connectivity index (χ2v) is 11.1. The summed E-state index contributed by atoms with van der Waals surface area (Å²) < 4.78 is 1.37. The number of anilines is 1. The van der Waals surface area contributed by atoms with Crippen molar-refractivity contribution in [2.24, 2.45) is 0 Å². The van der Waals surface area contributed by atoms with Crippen molar-refractivity contribution in [3.63, 3.8) is 0 Å². The Balaban J connectivity index is 1.52. The summed E-state index contributed by atoms with van der Waals surface area (Å²) in [5.74, 6) is -0.157. The lowest BCUT2D eigenvalue weighted by Crippen LogP contribution is -2.07. The Morgan fingerprint density at radius 1 is 1.15 bits per heavy atom. The number of benzene rings is 2. The lowest BCUT2D eigenvalue weighted by molar-refractivity contribution is 0.0693. The SMILES string of the molecule is Cc1sc2c(C)cccc2c1CCNc1cc(-c2ccc(C(=O)O)c(SC(C)C)c2)ncn1. The van der Waals surface area contributed by atoms with Gasteiger partial charge < -0.3 is 10.4 Å². The van der Waals surface area contributed by atoms with Gasteiger partial charge in [-0.3, -0.25) is 0 Å². The number of carboxylic acid groups (broad SMARTS) is 1. The number of aryl methyl sites for hydroxylation is 2. The maximum absolute atomic E-state index is 11.6. The fourth-order valence-electron chi connectivity index (χ4n) is 3.88. The van der Waals surface area contributed by atoms with Crippen molar-refractivity contribution in [2.75, 3.05) is 11.9 Å². The van der Waals surface area contributed by atoms with E-state index in [0.29, 0.717) is 5.56 Å². The minimum atomic E-state index is -0.916. The maximum Gasteiger partial charge on any atom is 0.336 e. The maximum atomic E-state index is 11.6. The Morgan fingerprint density at radius 2 is 1.97 bits per heavy atom. The number of rotatable bonds is 8. The number of aromatic carboxylic acids is 1. The van der Waals surface area contributed by atoms with Gasteiger partial charge in [-0.05, 0) is 48.9 Å². The van der Waals surface area contributed by atoms with Crippen LogP contribution in [-0.4, -0.2) is 32.8 Å². The molecule has 0 fully saturated rings. The van der Waals surface area contributed by atoms with Crippen molar-refractivity contribution in [2.45, 2.75) is 44.3 Å². The molecule has 0 amide bonds. The largest absolute Gasteiger partial charge is 0.478 e. The van der Waals surface area contributed by atoms with E-state index in [9.17, 15) is 9.90 Å². The van der Waals surface area contributed by atoms with E-state index < -0.39 is 5.97 Å². The van der Waals surface area contributed by atoms with Crippen molar-refractivity contribution in [3.05, 3.63) is 70.4 Å². The molecule has 2 aromatic heterocycles. The van der Waals surface area contributed by atoms with E-state index in [1.54, 1.807) is 24.2 Å². The predicted molar refractivity (Wildman–Crippen MR) is 139 cm³/mol. The van der Waals surface area contributed by atoms with Crippen LogP contribution < -0.4 is 5.32 Å². The molecule has 0 aliphatic heterocycles. The van der Waals surface area contributed by atoms with Gasteiger partial charge in [0.25, 0.3) is 0 Å². The first kappa shape index (κ1) is 23.3. The van der Waals surface area contributed by atoms with Crippen LogP contribution in [0, 0.1) is 13.8 Å². The lowest BCUT2D eigenvalue weighted by Gasteiger charge is -2.11. The number of carbonyl (C=O) groups is 1. The molecule has 4 rings (SSSR count). The first-order chi connectivity index (χ1) is 15.8. The molecule has 0 saturated carbocycles. The first-order valence-electron chi connectivity index (χ1n) is 10.9. The van der Waals surface area contributed by atoms with Crippen LogP contribution in [0.15, 0.2) is 53.7 Å². The topological polar surface area (TPSA) is 75.1 Å². The lowest BCUT2D eigenvalue weighted by atomic mass is 10.1. The molecular formula is C26H27N3O2S2. The van der Waals surface area contributed by atoms with Crippen LogP contribution in [-0.2, 0) is 6.42 Å². The minimum Gasteiger partial charge on any atom is -0.478 e. The Bertz CT molecular complexity index is 1310. The van der Waals surface area contributed by atoms with Crippen LogP contribution >= 0.6 is 23.1 Å². The fourth-order valence-corrected chi connectivity index (χ4v) is 6.03. The van der Waals surface area contributed by atoms with Gasteiger partial charge in [0.15, 0.2) is 0 Å². The third kappa shape index (κ3) is 5.20. The predicted octanol–water partition coefficient (Wildman–Crippen LogP) is 6.83. The van der Waals surface area contributed by atoms with E-state index in [4.69, 9.17) is 0 Å². The first-order valence-corrected chi connectivity index (χ1v) is 12.6. The van der Waals surface area contributed by atoms with Crippen LogP contribution in [0.5, 0.6) is 0 Å². The average molecular weight is 478 g/mol. The van der Waals surface area contributed by atoms with Gasteiger partial charge in [0.1, 0.15) is 12.1 Å². The van der Waals surface area contributed by atoms with Crippen LogP contribution in [0.2, 0.25) is 0 Å². The van der Waals surface area contributed by atoms with Gasteiger partial charge in [-0.2, -0.15) is 0 Å². The highest BCUT2D eigenvalue weighted by Crippen LogP contribution is 2.34. The number of nitrogens with zero attached hydrogens (tertiary/aromatic N) is 2. The number of aromatic nitrogens is 2. The van der Waals surface area contributed by atoms with Gasteiger partial charge in [-0.25, -0.2) is 14.8 Å². The van der Waals surface area contributed by atoms with Gasteiger partial charge >= 0.3 is 5.97 Å². The van der Waals surface area contributed by atoms with E-state index in [1.165, 1.54) is 26.1 Å². The summed E-state index contributed by atoms with van der Waals surface area (Å²) in [6.45, 7) is 9.22. The molecule has 4 aromatic rings. The number of fused-ring (bicyclic) bond motifs is 1. The molecule has 170 valence electrons. The fraction of sp³-hybridized carbons (Fsp3) is 0.269. The van der Waals surface area contributed by atoms with Gasteiger partial charge in [-0.1, -0.05) is 38.1 Å². The van der Waals surface area contributed by atoms with Crippen LogP contribution in [0.4, 0.5) is 5.82 Å². The van der Waals surface area contributed by atoms with Crippen molar-refractivity contribution < 1.29 is 9.90 Å². The number of carboxylic acids is 1. The monoisotopic (exact) mass is 477 g/mol. The Hall–Kier alpha value is -2.90. The van der Waals surface area contributed by atoms with Crippen LogP contribution in [0.25, 0.3) is 21.3 Å². The molecule has 0 bridgehead atoms. The van der Waals surface area contributed by atoms with E-state index in [2.05, 4.69) is 61.2 Å². The molecular weight excluding hydrogens is 450 g/mol. The van der Waals surface area contributed by atoms with E-state index >= 15 is 0 Å². The highest BCUT2D eigenvalue weighted by Gasteiger charge is 2.14. The van der Waals surface area contributed by atoms with Crippen molar-refractivity contribution >= 4 is 45.0 Å². The number of hydrogen-bond acceptors (Lipinski definition) is 6. The van der Waals surface area contributed by atoms with Crippen molar-refractivity contribution in [3.8, 4) is 11.3 Å². The Labute approximate surface area is 202 Å². The summed E-state index contributed by atoms with van der Waals surface area (Å²) >= 11 is 3.41. The minimum absolute atomic E-state index is 0.279. The molecule has 0 unspecified atom stereocenters. The van der Waals surface area contributed by atoms with Gasteiger partial charge in [0, 0.05) is 37.9 Å². The van der Waals surface area contributed by atoms with Gasteiger partial charge in [0.05, 0.1) is 11.3 Å². The highest BCUT2D eigenvalue weighted by atomic mass is 32.2. The normalized spacial score (nSPS) is 11.3. The quantitative estimate of drug-likeness (QED) is 0.271. The van der Waals surface area contributed by atoms with E-state index in [1.807, 2.05) is 29.5 Å². The summed E-state index contributed by atoms with van der Waals surface area (Å²) in [6.07, 6.45) is 2.46. The van der Waals surface area contributed by atoms with Crippen molar-refractivity contribution in [1.82, 2.24) is 9.97 Å². The third-order valence-corrected chi connectivity index (χ3v) is 7.80. The zero-order chi connectivity index (χ0) is 23.5. The Kier molecular flexibility index (Phi) is 7.00. The number of thioether (sulfide) groups is 1. The average Bonchev–Trinajstić information content (AvgIpc) is 3.10. The van der Waals surface area contributed by atoms with Crippen LogP contribution in [0.3, 0.4) is 0 Å². The van der Waals surface area contributed by atoms with E-state index in [0.717, 1.165) is 34.9 Å². The molecule has 0 spiro atoms. The summed E-state index contributed by atoms with van der Waals surface area (Å²) in [4.78, 5) is 22.5. The Morgan fingerprint density at radius 3 is 2.73 bits per heavy atom. The molecule has 5 nitrogen and oxygen atoms in total. The standard InChI is InChI=1S/C26H27N3O2S2/c1-15(2)32-23-12-18(8-9-21(23)26(30)31)22-13-24(29-14-28-22)27-11-10-19-17(4)33-25-16(3)6-5-7-20(19)25/h5-9,12-15H,10-11H2,1-4H3,(H,30,31)(H,27,28,29). The number of thiophene rings is 1. The highest BCUT2D eigenvalue weighted by molar-refractivity contribution is 8.00. The van der Waals surface area contributed by atoms with Crippen LogP contribution in [0.1, 0.15) is 40.2 Å². The molecule has 0 saturated heterocycles. The second kappa shape index (κ2) is 9.93. The zero-order valence-electron chi connectivity index (χ0n) is 19.2. The number of hydrogen-bond donors (Lipinski definition) is 2. The van der Waals surface area contributed by atoms with Gasteiger partial charge in [0.2, 0.25) is 0 Å². The summed E-state index contributed by atoms with van der Waals surface area (Å²) in [7, 11) is 0. The van der Waals surface area contributed by atoms with Crippen molar-refractivity contribution in [1.29, 1.82) is 0 Å². The summed E-state index contributed by atoms with van der Waals surface area (Å²) in [5, 5.41) is 14.6. The molecule has 33 heavy (non-hydrogen) atoms. The molecule has 7 heteroatoms. The molecule has 0 radical (unpaired) electrons. The van der Waals surface area contributed by atoms with E-state index in [-0.39, 0.29) is 5.25 Å². The molecule has 2 aromatic carbocycles. The van der Waals surface area contributed by atoms with Gasteiger partial charge in [-0.15, -0.1) is 23.1 Å². The summed E-state index contributed by atoms with van der Waals surface area (Å²) in [6, 6.07) is 13.8. The zero-order valence-corrected chi connectivity index (χ0v) is 20.8.